The topological polar surface area (TPSA) is 43.1 Å². The van der Waals surface area contributed by atoms with E-state index in [-0.39, 0.29) is 0 Å². The van der Waals surface area contributed by atoms with Crippen LogP contribution in [0.5, 0.6) is 0 Å². The van der Waals surface area contributed by atoms with Crippen LogP contribution in [0, 0.1) is 0 Å². The van der Waals surface area contributed by atoms with Crippen LogP contribution in [0.3, 0.4) is 0 Å². The average Bonchev–Trinajstić information content (AvgIpc) is 2.17. The van der Waals surface area contributed by atoms with Gasteiger partial charge in [0.25, 0.3) is 0 Å². The Labute approximate surface area is 76.0 Å². The summed E-state index contributed by atoms with van der Waals surface area (Å²) in [5.41, 5.74) is 6.54. The van der Waals surface area contributed by atoms with Gasteiger partial charge in [-0.05, 0) is 22.9 Å². The maximum atomic E-state index is 10.5. The summed E-state index contributed by atoms with van der Waals surface area (Å²) in [6.07, 6.45) is 1.81. The molecule has 0 aromatic heterocycles. The van der Waals surface area contributed by atoms with E-state index in [9.17, 15) is 4.79 Å². The first-order chi connectivity index (χ1) is 6.31. The van der Waals surface area contributed by atoms with Gasteiger partial charge in [-0.2, -0.15) is 0 Å². The van der Waals surface area contributed by atoms with E-state index in [1.54, 1.807) is 12.1 Å². The number of benzene rings is 2. The Morgan fingerprint density at radius 3 is 2.31 bits per heavy atom. The highest BCUT2D eigenvalue weighted by Gasteiger charge is 2.00. The van der Waals surface area contributed by atoms with Crippen molar-refractivity contribution < 1.29 is 4.79 Å². The highest BCUT2D eigenvalue weighted by Crippen LogP contribution is 2.20. The molecule has 2 aromatic rings. The molecule has 0 fully saturated rings. The molecule has 2 rings (SSSR count). The van der Waals surface area contributed by atoms with Crippen LogP contribution >= 0.6 is 0 Å². The van der Waals surface area contributed by atoms with Gasteiger partial charge in [0, 0.05) is 11.3 Å². The lowest BCUT2D eigenvalue weighted by molar-refractivity contribution is 0.563. The summed E-state index contributed by atoms with van der Waals surface area (Å²) < 4.78 is 0. The summed E-state index contributed by atoms with van der Waals surface area (Å²) in [6.45, 7) is 0. The van der Waals surface area contributed by atoms with Crippen LogP contribution in [0.25, 0.3) is 10.8 Å². The fourth-order valence-corrected chi connectivity index (χ4v) is 1.35. The van der Waals surface area contributed by atoms with E-state index in [1.165, 1.54) is 0 Å². The zero-order chi connectivity index (χ0) is 9.26. The molecule has 0 spiro atoms. The number of nitrogen functional groups attached to an aromatic ring is 1. The zero-order valence-electron chi connectivity index (χ0n) is 6.95. The second kappa shape index (κ2) is 2.90. The molecule has 0 atom stereocenters. The maximum Gasteiger partial charge on any atom is 0.235 e. The Hall–Kier alpha value is -1.83. The minimum atomic E-state index is 0.429. The lowest BCUT2D eigenvalue weighted by Gasteiger charge is -2.01. The van der Waals surface area contributed by atoms with Gasteiger partial charge in [-0.3, -0.25) is 4.79 Å². The third-order valence-electron chi connectivity index (χ3n) is 2.03. The minimum absolute atomic E-state index is 0.429. The molecule has 0 bridgehead atoms. The van der Waals surface area contributed by atoms with Crippen LogP contribution in [0.2, 0.25) is 0 Å². The second-order valence-corrected chi connectivity index (χ2v) is 2.89. The summed E-state index contributed by atoms with van der Waals surface area (Å²) in [4.78, 5) is 10.5. The lowest BCUT2D eigenvalue weighted by Crippen LogP contribution is -1.92. The van der Waals surface area contributed by atoms with E-state index in [0.717, 1.165) is 10.8 Å². The Bertz CT molecular complexity index is 463. The van der Waals surface area contributed by atoms with Crippen molar-refractivity contribution in [3.63, 3.8) is 0 Å². The van der Waals surface area contributed by atoms with Crippen molar-refractivity contribution in [3.8, 4) is 0 Å². The maximum absolute atomic E-state index is 10.5. The van der Waals surface area contributed by atoms with Gasteiger partial charge in [-0.1, -0.05) is 24.3 Å². The summed E-state index contributed by atoms with van der Waals surface area (Å²) in [5, 5.41) is 2.05. The summed E-state index contributed by atoms with van der Waals surface area (Å²) in [6, 6.07) is 11.3. The number of hydrogen-bond acceptors (Lipinski definition) is 2. The van der Waals surface area contributed by atoms with E-state index >= 15 is 0 Å². The van der Waals surface area contributed by atoms with Gasteiger partial charge in [-0.15, -0.1) is 0 Å². The molecule has 2 N–H and O–H groups in total. The fourth-order valence-electron chi connectivity index (χ4n) is 1.35. The minimum Gasteiger partial charge on any atom is -0.398 e. The number of fused-ring (bicyclic) bond motifs is 1. The first-order valence-corrected chi connectivity index (χ1v) is 3.97. The molecule has 0 saturated heterocycles. The predicted molar refractivity (Wildman–Crippen MR) is 53.2 cm³/mol. The van der Waals surface area contributed by atoms with E-state index in [4.69, 9.17) is 5.73 Å². The Morgan fingerprint density at radius 2 is 1.69 bits per heavy atom. The van der Waals surface area contributed by atoms with Crippen molar-refractivity contribution in [1.29, 1.82) is 0 Å². The smallest absolute Gasteiger partial charge is 0.235 e. The van der Waals surface area contributed by atoms with Gasteiger partial charge < -0.3 is 5.73 Å². The molecular weight excluding hydrogens is 162 g/mol. The highest BCUT2D eigenvalue weighted by atomic mass is 16.1. The van der Waals surface area contributed by atoms with Gasteiger partial charge in [0.2, 0.25) is 6.29 Å². The van der Waals surface area contributed by atoms with Crippen LogP contribution in [0.1, 0.15) is 5.56 Å². The molecule has 0 amide bonds. The summed E-state index contributed by atoms with van der Waals surface area (Å²) in [7, 11) is 0. The fraction of sp³-hybridized carbons (Fsp3) is 0. The molecule has 13 heavy (non-hydrogen) atoms. The van der Waals surface area contributed by atoms with Crippen molar-refractivity contribution >= 4 is 22.7 Å². The molecule has 0 aliphatic heterocycles. The quantitative estimate of drug-likeness (QED) is 0.664. The van der Waals surface area contributed by atoms with Gasteiger partial charge in [0.05, 0.1) is 0 Å². The van der Waals surface area contributed by atoms with Crippen LogP contribution in [-0.2, 0) is 4.79 Å². The van der Waals surface area contributed by atoms with Crippen molar-refractivity contribution in [2.45, 2.75) is 0 Å². The van der Waals surface area contributed by atoms with E-state index in [0.29, 0.717) is 11.3 Å². The average molecular weight is 170 g/mol. The first kappa shape index (κ1) is 7.80. The SMILES string of the molecule is Nc1cc2ccccc2cc1[C]=O. The third kappa shape index (κ3) is 1.26. The molecule has 0 heterocycles. The molecule has 1 radical (unpaired) electrons. The molecule has 2 nitrogen and oxygen atoms in total. The Morgan fingerprint density at radius 1 is 1.08 bits per heavy atom. The van der Waals surface area contributed by atoms with Crippen LogP contribution in [0.15, 0.2) is 36.4 Å². The number of hydrogen-bond donors (Lipinski definition) is 1. The standard InChI is InChI=1S/C11H8NO/c12-11-6-9-4-2-1-3-8(9)5-10(11)7-13/h1-6H,12H2. The number of rotatable bonds is 1. The largest absolute Gasteiger partial charge is 0.398 e. The molecule has 0 aliphatic rings. The van der Waals surface area contributed by atoms with Crippen molar-refractivity contribution in [2.24, 2.45) is 0 Å². The first-order valence-electron chi connectivity index (χ1n) is 3.97. The normalized spacial score (nSPS) is 10.2. The second-order valence-electron chi connectivity index (χ2n) is 2.89. The van der Waals surface area contributed by atoms with Crippen LogP contribution in [-0.4, -0.2) is 6.29 Å². The van der Waals surface area contributed by atoms with E-state index in [2.05, 4.69) is 0 Å². The van der Waals surface area contributed by atoms with Gasteiger partial charge in [0.15, 0.2) is 0 Å². The van der Waals surface area contributed by atoms with Gasteiger partial charge in [-0.25, -0.2) is 0 Å². The van der Waals surface area contributed by atoms with Crippen molar-refractivity contribution in [3.05, 3.63) is 42.0 Å². The monoisotopic (exact) mass is 170 g/mol. The molecular formula is C11H8NO. The van der Waals surface area contributed by atoms with E-state index < -0.39 is 0 Å². The van der Waals surface area contributed by atoms with Crippen molar-refractivity contribution in [1.82, 2.24) is 0 Å². The summed E-state index contributed by atoms with van der Waals surface area (Å²) in [5.74, 6) is 0. The number of nitrogens with two attached hydrogens (primary N) is 1. The van der Waals surface area contributed by atoms with Crippen molar-refractivity contribution in [2.75, 3.05) is 5.73 Å². The molecule has 2 aromatic carbocycles. The number of carbonyl (C=O) groups excluding carboxylic acids is 1. The molecule has 0 aliphatic carbocycles. The molecule has 63 valence electrons. The van der Waals surface area contributed by atoms with Crippen LogP contribution < -0.4 is 5.73 Å². The Kier molecular flexibility index (Phi) is 1.74. The van der Waals surface area contributed by atoms with Gasteiger partial charge in [0.1, 0.15) is 0 Å². The van der Waals surface area contributed by atoms with Gasteiger partial charge >= 0.3 is 0 Å². The zero-order valence-corrected chi connectivity index (χ0v) is 6.95. The molecule has 2 heteroatoms. The van der Waals surface area contributed by atoms with E-state index in [1.807, 2.05) is 30.6 Å². The predicted octanol–water partition coefficient (Wildman–Crippen LogP) is 1.88. The summed E-state index contributed by atoms with van der Waals surface area (Å²) >= 11 is 0. The molecule has 0 saturated carbocycles. The highest BCUT2D eigenvalue weighted by molar-refractivity contribution is 5.95. The molecule has 0 unspecified atom stereocenters. The third-order valence-corrected chi connectivity index (χ3v) is 2.03. The number of anilines is 1. The van der Waals surface area contributed by atoms with Crippen LogP contribution in [0.4, 0.5) is 5.69 Å². The lowest BCUT2D eigenvalue weighted by atomic mass is 10.1. The Balaban J connectivity index is 2.81.